The number of carbonyl (C=O) groups is 3. The number of amides is 3. The molecule has 1 atom stereocenters. The van der Waals surface area contributed by atoms with Gasteiger partial charge in [-0.1, -0.05) is 51.1 Å². The van der Waals surface area contributed by atoms with E-state index < -0.39 is 29.6 Å². The van der Waals surface area contributed by atoms with Crippen LogP contribution in [0.15, 0.2) is 48.5 Å². The van der Waals surface area contributed by atoms with Crippen LogP contribution in [0.5, 0.6) is 0 Å². The van der Waals surface area contributed by atoms with Gasteiger partial charge in [0.05, 0.1) is 5.69 Å². The summed E-state index contributed by atoms with van der Waals surface area (Å²) in [5.41, 5.74) is 12.8. The van der Waals surface area contributed by atoms with Crippen molar-refractivity contribution in [2.75, 3.05) is 17.2 Å². The molecule has 0 radical (unpaired) electrons. The van der Waals surface area contributed by atoms with E-state index in [0.29, 0.717) is 30.1 Å². The minimum absolute atomic E-state index is 0.0169. The summed E-state index contributed by atoms with van der Waals surface area (Å²) in [4.78, 5) is 40.7. The molecule has 0 bridgehead atoms. The largest absolute Gasteiger partial charge is 0.395 e. The second-order valence-corrected chi connectivity index (χ2v) is 9.50. The molecule has 0 aliphatic carbocycles. The predicted octanol–water partition coefficient (Wildman–Crippen LogP) is 4.08. The minimum Gasteiger partial charge on any atom is -0.395 e. The van der Waals surface area contributed by atoms with E-state index in [1.54, 1.807) is 12.1 Å². The van der Waals surface area contributed by atoms with Crippen molar-refractivity contribution in [2.45, 2.75) is 39.7 Å². The fraction of sp³-hybridized carbons (Fsp3) is 0.308. The Labute approximate surface area is 213 Å². The Kier molecular flexibility index (Phi) is 8.76. The van der Waals surface area contributed by atoms with Crippen LogP contribution in [0.1, 0.15) is 64.5 Å². The summed E-state index contributed by atoms with van der Waals surface area (Å²) in [6.45, 7) is 6.42. The van der Waals surface area contributed by atoms with Crippen LogP contribution in [0.2, 0.25) is 0 Å². The molecule has 0 aliphatic heterocycles. The first-order valence-electron chi connectivity index (χ1n) is 11.6. The molecule has 3 amide bonds. The van der Waals surface area contributed by atoms with Gasteiger partial charge in [0.15, 0.2) is 5.69 Å². The molecule has 3 rings (SSSR count). The molecule has 1 unspecified atom stereocenters. The van der Waals surface area contributed by atoms with Crippen molar-refractivity contribution in [1.29, 1.82) is 0 Å². The first-order valence-corrected chi connectivity index (χ1v) is 12.4. The van der Waals surface area contributed by atoms with Crippen molar-refractivity contribution in [2.24, 2.45) is 11.7 Å². The van der Waals surface area contributed by atoms with E-state index in [4.69, 9.17) is 11.5 Å². The molecule has 5 N–H and O–H groups in total. The number of aryl methyl sites for hydroxylation is 1. The number of hydrogen-bond acceptors (Lipinski definition) is 6. The van der Waals surface area contributed by atoms with Crippen molar-refractivity contribution in [3.63, 3.8) is 0 Å². The Morgan fingerprint density at radius 3 is 2.36 bits per heavy atom. The molecule has 10 heteroatoms. The summed E-state index contributed by atoms with van der Waals surface area (Å²) >= 11 is 0.739. The van der Waals surface area contributed by atoms with Gasteiger partial charge >= 0.3 is 0 Å². The Morgan fingerprint density at radius 1 is 1.11 bits per heavy atom. The Bertz CT molecular complexity index is 1240. The summed E-state index contributed by atoms with van der Waals surface area (Å²) < 4.78 is 17.7. The van der Waals surface area contributed by atoms with Crippen LogP contribution in [-0.4, -0.2) is 28.6 Å². The van der Waals surface area contributed by atoms with Crippen molar-refractivity contribution in [1.82, 2.24) is 9.69 Å². The maximum atomic E-state index is 14.0. The van der Waals surface area contributed by atoms with Crippen LogP contribution >= 0.6 is 11.5 Å². The summed E-state index contributed by atoms with van der Waals surface area (Å²) in [7, 11) is 0. The molecule has 1 aromatic heterocycles. The van der Waals surface area contributed by atoms with Gasteiger partial charge in [0.2, 0.25) is 5.91 Å². The van der Waals surface area contributed by atoms with Crippen LogP contribution in [0.3, 0.4) is 0 Å². The molecule has 8 nitrogen and oxygen atoms in total. The van der Waals surface area contributed by atoms with Crippen molar-refractivity contribution < 1.29 is 18.8 Å². The molecular weight excluding hydrogens is 481 g/mol. The van der Waals surface area contributed by atoms with E-state index in [9.17, 15) is 18.8 Å². The minimum atomic E-state index is -1.14. The zero-order valence-corrected chi connectivity index (χ0v) is 21.3. The van der Waals surface area contributed by atoms with E-state index in [1.807, 2.05) is 32.9 Å². The number of nitrogens with zero attached hydrogens (tertiary/aromatic N) is 2. The SMILES string of the molecule is CCc1ccccc1N(C(=O)c1snc(C(N)=O)c1N)C(C(=O)NCCC(C)C)c1ccc(F)cc1. The third-order valence-corrected chi connectivity index (χ3v) is 6.57. The highest BCUT2D eigenvalue weighted by atomic mass is 32.1. The van der Waals surface area contributed by atoms with E-state index >= 15 is 0 Å². The number of para-hydroxylation sites is 1. The Morgan fingerprint density at radius 2 is 1.78 bits per heavy atom. The number of aromatic nitrogens is 1. The predicted molar refractivity (Wildman–Crippen MR) is 139 cm³/mol. The van der Waals surface area contributed by atoms with E-state index in [2.05, 4.69) is 9.69 Å². The number of carbonyl (C=O) groups excluding carboxylic acids is 3. The summed E-state index contributed by atoms with van der Waals surface area (Å²) in [6, 6.07) is 11.5. The molecule has 0 aliphatic rings. The monoisotopic (exact) mass is 511 g/mol. The van der Waals surface area contributed by atoms with Crippen LogP contribution in [0.25, 0.3) is 0 Å². The van der Waals surface area contributed by atoms with Gasteiger partial charge in [0, 0.05) is 12.2 Å². The zero-order chi connectivity index (χ0) is 26.4. The molecule has 0 spiro atoms. The molecule has 190 valence electrons. The number of hydrogen-bond donors (Lipinski definition) is 3. The van der Waals surface area contributed by atoms with Crippen molar-refractivity contribution in [3.8, 4) is 0 Å². The van der Waals surface area contributed by atoms with Crippen LogP contribution in [-0.2, 0) is 11.2 Å². The third-order valence-electron chi connectivity index (χ3n) is 5.72. The first kappa shape index (κ1) is 26.8. The number of nitrogens with one attached hydrogen (secondary N) is 1. The van der Waals surface area contributed by atoms with Crippen molar-refractivity contribution in [3.05, 3.63) is 76.0 Å². The quantitative estimate of drug-likeness (QED) is 0.377. The fourth-order valence-corrected chi connectivity index (χ4v) is 4.53. The molecule has 3 aromatic rings. The van der Waals surface area contributed by atoms with Gasteiger partial charge < -0.3 is 16.8 Å². The summed E-state index contributed by atoms with van der Waals surface area (Å²) in [6.07, 6.45) is 1.32. The third kappa shape index (κ3) is 5.88. The number of nitrogen functional groups attached to an aromatic ring is 1. The highest BCUT2D eigenvalue weighted by Gasteiger charge is 2.36. The topological polar surface area (TPSA) is 131 Å². The van der Waals surface area contributed by atoms with E-state index in [0.717, 1.165) is 23.5 Å². The van der Waals surface area contributed by atoms with Crippen LogP contribution < -0.4 is 21.7 Å². The van der Waals surface area contributed by atoms with E-state index in [-0.39, 0.29) is 16.3 Å². The maximum absolute atomic E-state index is 14.0. The highest BCUT2D eigenvalue weighted by Crippen LogP contribution is 2.35. The average Bonchev–Trinajstić information content (AvgIpc) is 3.24. The van der Waals surface area contributed by atoms with Gasteiger partial charge in [-0.25, -0.2) is 4.39 Å². The van der Waals surface area contributed by atoms with Gasteiger partial charge in [-0.3, -0.25) is 19.3 Å². The number of benzene rings is 2. The van der Waals surface area contributed by atoms with Gasteiger partial charge in [0.25, 0.3) is 11.8 Å². The van der Waals surface area contributed by atoms with E-state index in [1.165, 1.54) is 29.2 Å². The second kappa shape index (κ2) is 11.8. The van der Waals surface area contributed by atoms with Crippen LogP contribution in [0.4, 0.5) is 15.8 Å². The lowest BCUT2D eigenvalue weighted by Gasteiger charge is -2.32. The first-order chi connectivity index (χ1) is 17.1. The van der Waals surface area contributed by atoms with Gasteiger partial charge in [-0.05, 0) is 59.6 Å². The molecule has 0 saturated heterocycles. The molecule has 36 heavy (non-hydrogen) atoms. The van der Waals surface area contributed by atoms with Crippen LogP contribution in [0, 0.1) is 11.7 Å². The number of halogens is 1. The maximum Gasteiger partial charge on any atom is 0.273 e. The molecule has 0 fully saturated rings. The molecule has 0 saturated carbocycles. The number of nitrogens with two attached hydrogens (primary N) is 2. The van der Waals surface area contributed by atoms with Gasteiger partial charge in [0.1, 0.15) is 16.7 Å². The number of anilines is 2. The normalized spacial score (nSPS) is 11.8. The lowest BCUT2D eigenvalue weighted by molar-refractivity contribution is -0.122. The number of rotatable bonds is 10. The molecule has 1 heterocycles. The Hall–Kier alpha value is -3.79. The van der Waals surface area contributed by atoms with Gasteiger partial charge in [-0.15, -0.1) is 0 Å². The highest BCUT2D eigenvalue weighted by molar-refractivity contribution is 7.09. The lowest BCUT2D eigenvalue weighted by atomic mass is 10.00. The summed E-state index contributed by atoms with van der Waals surface area (Å²) in [5.74, 6) is -2.02. The fourth-order valence-electron chi connectivity index (χ4n) is 3.79. The smallest absolute Gasteiger partial charge is 0.273 e. The molecule has 2 aromatic carbocycles. The van der Waals surface area contributed by atoms with Crippen molar-refractivity contribution >= 4 is 40.6 Å². The number of primary amides is 1. The van der Waals surface area contributed by atoms with Gasteiger partial charge in [-0.2, -0.15) is 4.37 Å². The average molecular weight is 512 g/mol. The lowest BCUT2D eigenvalue weighted by Crippen LogP contribution is -2.44. The standard InChI is InChI=1S/C26H30FN5O3S/c1-4-16-7-5-6-8-19(16)32(26(35)23-20(28)21(24(29)33)31-36-23)22(17-9-11-18(27)12-10-17)25(34)30-14-13-15(2)3/h5-12,15,22H,4,13-14,28H2,1-3H3,(H2,29,33)(H,30,34). The molecular formula is C26H30FN5O3S. The summed E-state index contributed by atoms with van der Waals surface area (Å²) in [5, 5.41) is 2.92. The second-order valence-electron chi connectivity index (χ2n) is 8.72. The zero-order valence-electron chi connectivity index (χ0n) is 20.5. The Balaban J connectivity index is 2.20.